The van der Waals surface area contributed by atoms with Crippen LogP contribution in [0.3, 0.4) is 0 Å². The predicted octanol–water partition coefficient (Wildman–Crippen LogP) is 33.3. The Bertz CT molecular complexity index is 7610. The number of fused-ring (bicyclic) bond motifs is 15. The number of furan rings is 1. The summed E-state index contributed by atoms with van der Waals surface area (Å²) in [5, 5.41) is 17.3. The zero-order chi connectivity index (χ0) is 80.7. The van der Waals surface area contributed by atoms with E-state index in [0.29, 0.717) is 0 Å². The van der Waals surface area contributed by atoms with E-state index < -0.39 is 0 Å². The highest BCUT2D eigenvalue weighted by Crippen LogP contribution is 2.53. The van der Waals surface area contributed by atoms with E-state index in [1.54, 1.807) is 0 Å². The van der Waals surface area contributed by atoms with Crippen LogP contribution in [0.4, 0.5) is 51.2 Å². The van der Waals surface area contributed by atoms with E-state index in [4.69, 9.17) is 4.42 Å². The molecule has 4 nitrogen and oxygen atoms in total. The summed E-state index contributed by atoms with van der Waals surface area (Å²) in [6.45, 7) is 4.71. The Hall–Kier alpha value is -15.6. The minimum absolute atomic E-state index is 0.0772. The molecule has 22 aromatic rings. The zero-order valence-electron chi connectivity index (χ0n) is 67.2. The normalized spacial score (nSPS) is 12.0. The van der Waals surface area contributed by atoms with E-state index in [0.717, 1.165) is 73.1 Å². The highest BCUT2D eigenvalue weighted by molar-refractivity contribution is 6.14. The lowest BCUT2D eigenvalue weighted by molar-refractivity contribution is 0.660. The summed E-state index contributed by atoms with van der Waals surface area (Å²) in [6, 6.07) is 168. The van der Waals surface area contributed by atoms with Gasteiger partial charge >= 0.3 is 0 Å². The highest BCUT2D eigenvalue weighted by Gasteiger charge is 2.36. The van der Waals surface area contributed by atoms with E-state index in [2.05, 4.69) is 484 Å². The maximum absolute atomic E-state index is 6.52. The Labute approximate surface area is 705 Å². The number of benzene rings is 21. The molecule has 4 heteroatoms. The third-order valence-electron chi connectivity index (χ3n) is 24.3. The van der Waals surface area contributed by atoms with Crippen LogP contribution in [0.2, 0.25) is 0 Å². The Morgan fingerprint density at radius 2 is 0.479 bits per heavy atom. The molecule has 0 N–H and O–H groups in total. The van der Waals surface area contributed by atoms with Gasteiger partial charge in [-0.05, 0) is 217 Å². The second kappa shape index (κ2) is 31.4. The van der Waals surface area contributed by atoms with Crippen molar-refractivity contribution in [3.8, 4) is 55.6 Å². The first-order valence-electron chi connectivity index (χ1n) is 41.7. The number of hydrogen-bond acceptors (Lipinski definition) is 4. The van der Waals surface area contributed by atoms with E-state index in [9.17, 15) is 0 Å². The van der Waals surface area contributed by atoms with Gasteiger partial charge in [0, 0.05) is 61.4 Å². The molecule has 21 aromatic carbocycles. The number of nitrogens with zero attached hydrogens (tertiary/aromatic N) is 3. The van der Waals surface area contributed by atoms with Gasteiger partial charge in [-0.15, -0.1) is 0 Å². The summed E-state index contributed by atoms with van der Waals surface area (Å²) in [6.07, 6.45) is 0. The summed E-state index contributed by atoms with van der Waals surface area (Å²) in [4.78, 5) is 7.15. The van der Waals surface area contributed by atoms with Crippen molar-refractivity contribution in [2.45, 2.75) is 19.3 Å². The first-order valence-corrected chi connectivity index (χ1v) is 41.7. The van der Waals surface area contributed by atoms with E-state index in [1.807, 2.05) is 12.1 Å². The van der Waals surface area contributed by atoms with E-state index in [1.165, 1.54) is 131 Å². The standard InChI is InChI=1S/C41H31N.C38H25NO.C38H27N/c1-41(2)38-18-10-8-17-35(38)36-25-24-32(27-39(36)41)42(40-19-11-9-16-34(40)28-12-4-3-5-13-28)31-23-22-30-21-20-29-14-6-7-15-33(29)37(30)26-31;1-2-9-26(10-3-1)27-19-22-30(23-20-27)39(36-15-8-14-34-33-13-6-7-16-37(33)40-38(34)36)31-24-21-29-18-17-28-11-4-5-12-32(28)35(29)25-31;1-3-11-28(12-4-1)29-21-24-33(25-22-29)39(38-18-10-9-17-36(38)30-13-5-2-6-14-30)34-26-23-32-20-19-31-15-7-8-16-35(31)37(32)27-34/h3-27H,1-2H3;1-25H;1-27H. The molecule has 0 fully saturated rings. The van der Waals surface area contributed by atoms with Gasteiger partial charge in [-0.25, -0.2) is 0 Å². The van der Waals surface area contributed by atoms with Crippen LogP contribution in [0.15, 0.2) is 472 Å². The zero-order valence-corrected chi connectivity index (χ0v) is 67.2. The predicted molar refractivity (Wildman–Crippen MR) is 515 cm³/mol. The molecular formula is C117H83N3O. The average molecular weight is 1550 g/mol. The average Bonchev–Trinajstić information content (AvgIpc) is 1.64. The lowest BCUT2D eigenvalue weighted by Crippen LogP contribution is -2.16. The number of para-hydroxylation sites is 4. The molecule has 23 rings (SSSR count). The second-order valence-electron chi connectivity index (χ2n) is 31.8. The van der Waals surface area contributed by atoms with Gasteiger partial charge in [0.1, 0.15) is 5.58 Å². The summed E-state index contributed by atoms with van der Waals surface area (Å²) in [5.41, 5.74) is 26.8. The van der Waals surface area contributed by atoms with Gasteiger partial charge in [0.05, 0.1) is 17.1 Å². The second-order valence-corrected chi connectivity index (χ2v) is 31.8. The third-order valence-corrected chi connectivity index (χ3v) is 24.3. The van der Waals surface area contributed by atoms with Crippen molar-refractivity contribution in [1.82, 2.24) is 0 Å². The molecule has 1 heterocycles. The highest BCUT2D eigenvalue weighted by atomic mass is 16.3. The smallest absolute Gasteiger partial charge is 0.159 e. The van der Waals surface area contributed by atoms with E-state index >= 15 is 0 Å². The minimum Gasteiger partial charge on any atom is -0.454 e. The van der Waals surface area contributed by atoms with Crippen LogP contribution in [-0.2, 0) is 5.41 Å². The Kier molecular flexibility index (Phi) is 19.0. The Morgan fingerprint density at radius 1 is 0.182 bits per heavy atom. The first-order chi connectivity index (χ1) is 59.8. The largest absolute Gasteiger partial charge is 0.454 e. The molecule has 0 unspecified atom stereocenters. The SMILES string of the molecule is CC1(C)c2ccccc2-c2ccc(N(c3ccc4ccc5ccccc5c4c3)c3ccccc3-c3ccccc3)cc21.c1ccc(-c2ccc(N(c3ccc4ccc5ccccc5c4c3)c3cccc4c3oc3ccccc34)cc2)cc1.c1ccc(-c2ccc(N(c3ccc4ccc5ccccc5c4c3)c3ccccc3-c3ccccc3)cc2)cc1. The molecule has 0 saturated heterocycles. The van der Waals surface area contributed by atoms with Crippen molar-refractivity contribution in [2.75, 3.05) is 14.7 Å². The summed E-state index contributed by atoms with van der Waals surface area (Å²) < 4.78 is 6.52. The van der Waals surface area contributed by atoms with Crippen LogP contribution < -0.4 is 14.7 Å². The van der Waals surface area contributed by atoms with Crippen molar-refractivity contribution in [2.24, 2.45) is 0 Å². The quantitative estimate of drug-likeness (QED) is 0.107. The lowest BCUT2D eigenvalue weighted by atomic mass is 9.82. The monoisotopic (exact) mass is 1550 g/mol. The van der Waals surface area contributed by atoms with Crippen molar-refractivity contribution < 1.29 is 4.42 Å². The molecular weight excluding hydrogens is 1460 g/mol. The van der Waals surface area contributed by atoms with Gasteiger partial charge in [-0.2, -0.15) is 0 Å². The van der Waals surface area contributed by atoms with E-state index in [-0.39, 0.29) is 5.41 Å². The summed E-state index contributed by atoms with van der Waals surface area (Å²) in [7, 11) is 0. The molecule has 0 bridgehead atoms. The van der Waals surface area contributed by atoms with Crippen LogP contribution in [0, 0.1) is 0 Å². The third kappa shape index (κ3) is 13.7. The van der Waals surface area contributed by atoms with Gasteiger partial charge in [-0.3, -0.25) is 0 Å². The summed E-state index contributed by atoms with van der Waals surface area (Å²) in [5.74, 6) is 0. The van der Waals surface area contributed by atoms with Crippen molar-refractivity contribution in [1.29, 1.82) is 0 Å². The van der Waals surface area contributed by atoms with Gasteiger partial charge in [-0.1, -0.05) is 384 Å². The maximum atomic E-state index is 6.52. The van der Waals surface area contributed by atoms with Gasteiger partial charge in [0.2, 0.25) is 0 Å². The molecule has 0 radical (unpaired) electrons. The molecule has 0 spiro atoms. The Morgan fingerprint density at radius 3 is 0.942 bits per heavy atom. The van der Waals surface area contributed by atoms with Crippen molar-refractivity contribution >= 4 is 138 Å². The van der Waals surface area contributed by atoms with Crippen LogP contribution in [0.5, 0.6) is 0 Å². The topological polar surface area (TPSA) is 22.9 Å². The van der Waals surface area contributed by atoms with Crippen LogP contribution in [0.1, 0.15) is 25.0 Å². The minimum atomic E-state index is -0.0772. The van der Waals surface area contributed by atoms with Crippen molar-refractivity contribution in [3.63, 3.8) is 0 Å². The number of anilines is 9. The molecule has 0 atom stereocenters. The molecule has 1 aliphatic carbocycles. The van der Waals surface area contributed by atoms with Gasteiger partial charge in [0.25, 0.3) is 0 Å². The molecule has 572 valence electrons. The molecule has 0 amide bonds. The fourth-order valence-corrected chi connectivity index (χ4v) is 18.3. The molecule has 0 saturated carbocycles. The molecule has 1 aromatic heterocycles. The fourth-order valence-electron chi connectivity index (χ4n) is 18.3. The summed E-state index contributed by atoms with van der Waals surface area (Å²) >= 11 is 0. The number of hydrogen-bond donors (Lipinski definition) is 0. The first kappa shape index (κ1) is 73.0. The van der Waals surface area contributed by atoms with Gasteiger partial charge in [0.15, 0.2) is 5.58 Å². The number of rotatable bonds is 13. The van der Waals surface area contributed by atoms with Crippen molar-refractivity contribution in [3.05, 3.63) is 478 Å². The molecule has 1 aliphatic rings. The molecule has 121 heavy (non-hydrogen) atoms. The maximum Gasteiger partial charge on any atom is 0.159 e. The fraction of sp³-hybridized carbons (Fsp3) is 0.0256. The van der Waals surface area contributed by atoms with Crippen LogP contribution >= 0.6 is 0 Å². The Balaban J connectivity index is 0.000000112. The lowest BCUT2D eigenvalue weighted by Gasteiger charge is -2.30. The van der Waals surface area contributed by atoms with Crippen LogP contribution in [0.25, 0.3) is 142 Å². The van der Waals surface area contributed by atoms with Gasteiger partial charge < -0.3 is 19.1 Å². The molecule has 0 aliphatic heterocycles. The van der Waals surface area contributed by atoms with Crippen LogP contribution in [-0.4, -0.2) is 0 Å².